The molecule has 6 nitrogen and oxygen atoms in total. The standard InChI is InChI=1S/C14H20N2O4S/c1-11-4-3-5-13(10-11)15-6-8-16(9-7-15)21(19,20)12(2)14(17)18/h3-5,10,12H,6-9H2,1-2H3,(H,17,18). The third-order valence-corrected chi connectivity index (χ3v) is 5.94. The third-order valence-electron chi connectivity index (χ3n) is 3.76. The van der Waals surface area contributed by atoms with E-state index in [1.165, 1.54) is 11.2 Å². The van der Waals surface area contributed by atoms with Crippen LogP contribution in [0, 0.1) is 6.92 Å². The largest absolute Gasteiger partial charge is 0.480 e. The molecule has 116 valence electrons. The maximum atomic E-state index is 12.2. The van der Waals surface area contributed by atoms with Gasteiger partial charge >= 0.3 is 5.97 Å². The van der Waals surface area contributed by atoms with E-state index in [0.717, 1.165) is 11.3 Å². The summed E-state index contributed by atoms with van der Waals surface area (Å²) in [7, 11) is -3.77. The molecule has 0 saturated carbocycles. The van der Waals surface area contributed by atoms with Gasteiger partial charge in [-0.25, -0.2) is 8.42 Å². The van der Waals surface area contributed by atoms with Gasteiger partial charge in [0.2, 0.25) is 10.0 Å². The summed E-state index contributed by atoms with van der Waals surface area (Å²) in [5, 5.41) is 7.49. The van der Waals surface area contributed by atoms with Gasteiger partial charge in [0.15, 0.2) is 5.25 Å². The van der Waals surface area contributed by atoms with Crippen LogP contribution < -0.4 is 4.90 Å². The summed E-state index contributed by atoms with van der Waals surface area (Å²) in [5.41, 5.74) is 2.22. The second-order valence-corrected chi connectivity index (χ2v) is 7.50. The van der Waals surface area contributed by atoms with Crippen LogP contribution in [0.15, 0.2) is 24.3 Å². The van der Waals surface area contributed by atoms with Crippen molar-refractivity contribution < 1.29 is 18.3 Å². The number of benzene rings is 1. The highest BCUT2D eigenvalue weighted by Crippen LogP contribution is 2.20. The van der Waals surface area contributed by atoms with Crippen molar-refractivity contribution in [1.82, 2.24) is 4.31 Å². The molecule has 0 aromatic heterocycles. The van der Waals surface area contributed by atoms with Crippen LogP contribution in [0.25, 0.3) is 0 Å². The monoisotopic (exact) mass is 312 g/mol. The van der Waals surface area contributed by atoms with E-state index in [9.17, 15) is 13.2 Å². The predicted molar refractivity (Wildman–Crippen MR) is 81.0 cm³/mol. The lowest BCUT2D eigenvalue weighted by Gasteiger charge is -2.36. The van der Waals surface area contributed by atoms with E-state index >= 15 is 0 Å². The molecule has 1 aromatic carbocycles. The van der Waals surface area contributed by atoms with Crippen molar-refractivity contribution in [2.45, 2.75) is 19.1 Å². The lowest BCUT2D eigenvalue weighted by Crippen LogP contribution is -2.52. The quantitative estimate of drug-likeness (QED) is 0.894. The molecule has 21 heavy (non-hydrogen) atoms. The Hall–Kier alpha value is -1.60. The van der Waals surface area contributed by atoms with Gasteiger partial charge in [0.25, 0.3) is 0 Å². The molecule has 7 heteroatoms. The van der Waals surface area contributed by atoms with E-state index in [2.05, 4.69) is 11.0 Å². The fraction of sp³-hybridized carbons (Fsp3) is 0.500. The Morgan fingerprint density at radius 3 is 2.38 bits per heavy atom. The smallest absolute Gasteiger partial charge is 0.323 e. The Morgan fingerprint density at radius 2 is 1.86 bits per heavy atom. The number of piperazine rings is 1. The molecule has 1 aliphatic rings. The summed E-state index contributed by atoms with van der Waals surface area (Å²) in [6.45, 7) is 4.98. The normalized spacial score (nSPS) is 18.5. The molecule has 1 aliphatic heterocycles. The van der Waals surface area contributed by atoms with Gasteiger partial charge in [-0.2, -0.15) is 4.31 Å². The minimum atomic E-state index is -3.77. The van der Waals surface area contributed by atoms with E-state index in [1.54, 1.807) is 0 Å². The van der Waals surface area contributed by atoms with Gasteiger partial charge in [-0.05, 0) is 31.5 Å². The van der Waals surface area contributed by atoms with Gasteiger partial charge in [0.1, 0.15) is 0 Å². The van der Waals surface area contributed by atoms with Crippen LogP contribution in [-0.4, -0.2) is 55.2 Å². The minimum absolute atomic E-state index is 0.313. The molecule has 1 saturated heterocycles. The summed E-state index contributed by atoms with van der Waals surface area (Å²) in [6, 6.07) is 8.04. The second kappa shape index (κ2) is 6.03. The highest BCUT2D eigenvalue weighted by Gasteiger charge is 2.35. The molecule has 1 heterocycles. The Morgan fingerprint density at radius 1 is 1.24 bits per heavy atom. The summed E-state index contributed by atoms with van der Waals surface area (Å²) in [4.78, 5) is 13.0. The highest BCUT2D eigenvalue weighted by atomic mass is 32.2. The fourth-order valence-corrected chi connectivity index (χ4v) is 3.75. The van der Waals surface area contributed by atoms with Gasteiger partial charge in [-0.3, -0.25) is 4.79 Å². The molecule has 1 atom stereocenters. The minimum Gasteiger partial charge on any atom is -0.480 e. The van der Waals surface area contributed by atoms with E-state index in [4.69, 9.17) is 5.11 Å². The Bertz CT molecular complexity index is 622. The number of sulfonamides is 1. The Balaban J connectivity index is 2.05. The van der Waals surface area contributed by atoms with Gasteiger partial charge in [0, 0.05) is 31.9 Å². The van der Waals surface area contributed by atoms with Crippen LogP contribution in [0.5, 0.6) is 0 Å². The maximum Gasteiger partial charge on any atom is 0.323 e. The second-order valence-electron chi connectivity index (χ2n) is 5.25. The van der Waals surface area contributed by atoms with E-state index in [-0.39, 0.29) is 0 Å². The third kappa shape index (κ3) is 3.36. The maximum absolute atomic E-state index is 12.2. The topological polar surface area (TPSA) is 77.9 Å². The van der Waals surface area contributed by atoms with Crippen molar-refractivity contribution in [3.8, 4) is 0 Å². The van der Waals surface area contributed by atoms with Crippen molar-refractivity contribution >= 4 is 21.7 Å². The summed E-state index contributed by atoms with van der Waals surface area (Å²) in [5.74, 6) is -1.31. The van der Waals surface area contributed by atoms with Gasteiger partial charge in [0.05, 0.1) is 0 Å². The molecular weight excluding hydrogens is 292 g/mol. The molecule has 1 unspecified atom stereocenters. The van der Waals surface area contributed by atoms with E-state index in [0.29, 0.717) is 26.2 Å². The van der Waals surface area contributed by atoms with Crippen molar-refractivity contribution in [2.24, 2.45) is 0 Å². The average Bonchev–Trinajstić information content (AvgIpc) is 2.46. The van der Waals surface area contributed by atoms with Crippen LogP contribution in [-0.2, 0) is 14.8 Å². The van der Waals surface area contributed by atoms with Crippen LogP contribution in [0.4, 0.5) is 5.69 Å². The number of aliphatic carboxylic acids is 1. The Labute approximate surface area is 125 Å². The first-order valence-corrected chi connectivity index (χ1v) is 8.36. The first-order chi connectivity index (χ1) is 9.82. The van der Waals surface area contributed by atoms with E-state index in [1.807, 2.05) is 25.1 Å². The summed E-state index contributed by atoms with van der Waals surface area (Å²) >= 11 is 0. The summed E-state index contributed by atoms with van der Waals surface area (Å²) < 4.78 is 25.6. The van der Waals surface area contributed by atoms with Crippen LogP contribution in [0.2, 0.25) is 0 Å². The number of hydrogen-bond donors (Lipinski definition) is 1. The SMILES string of the molecule is Cc1cccc(N2CCN(S(=O)(=O)C(C)C(=O)O)CC2)c1. The molecule has 0 bridgehead atoms. The zero-order valence-corrected chi connectivity index (χ0v) is 13.0. The molecule has 2 rings (SSSR count). The van der Waals surface area contributed by atoms with Crippen molar-refractivity contribution in [1.29, 1.82) is 0 Å². The molecule has 1 fully saturated rings. The lowest BCUT2D eigenvalue weighted by atomic mass is 10.2. The van der Waals surface area contributed by atoms with Crippen LogP contribution in [0.1, 0.15) is 12.5 Å². The number of carboxylic acids is 1. The van der Waals surface area contributed by atoms with Gasteiger partial charge < -0.3 is 10.0 Å². The van der Waals surface area contributed by atoms with Crippen molar-refractivity contribution in [2.75, 3.05) is 31.1 Å². The van der Waals surface area contributed by atoms with Crippen LogP contribution in [0.3, 0.4) is 0 Å². The first-order valence-electron chi connectivity index (χ1n) is 6.86. The Kier molecular flexibility index (Phi) is 4.53. The molecule has 0 amide bonds. The molecule has 0 radical (unpaired) electrons. The number of carbonyl (C=O) groups is 1. The molecule has 1 N–H and O–H groups in total. The lowest BCUT2D eigenvalue weighted by molar-refractivity contribution is -0.136. The van der Waals surface area contributed by atoms with Gasteiger partial charge in [-0.15, -0.1) is 0 Å². The zero-order chi connectivity index (χ0) is 15.6. The summed E-state index contributed by atoms with van der Waals surface area (Å²) in [6.07, 6.45) is 0. The number of nitrogens with zero attached hydrogens (tertiary/aromatic N) is 2. The van der Waals surface area contributed by atoms with E-state index < -0.39 is 21.2 Å². The fourth-order valence-electron chi connectivity index (χ4n) is 2.38. The highest BCUT2D eigenvalue weighted by molar-refractivity contribution is 7.90. The van der Waals surface area contributed by atoms with Crippen molar-refractivity contribution in [3.63, 3.8) is 0 Å². The molecular formula is C14H20N2O4S. The molecule has 0 aliphatic carbocycles. The number of rotatable bonds is 4. The predicted octanol–water partition coefficient (Wildman–Crippen LogP) is 0.920. The van der Waals surface area contributed by atoms with Gasteiger partial charge in [-0.1, -0.05) is 12.1 Å². The first kappa shape index (κ1) is 15.8. The van der Waals surface area contributed by atoms with Crippen molar-refractivity contribution in [3.05, 3.63) is 29.8 Å². The molecule has 1 aromatic rings. The van der Waals surface area contributed by atoms with Crippen LogP contribution >= 0.6 is 0 Å². The average molecular weight is 312 g/mol. The number of carboxylic acid groups (broad SMARTS) is 1. The molecule has 0 spiro atoms. The number of hydrogen-bond acceptors (Lipinski definition) is 4. The zero-order valence-electron chi connectivity index (χ0n) is 12.2. The number of aryl methyl sites for hydroxylation is 1. The number of anilines is 1.